The predicted octanol–water partition coefficient (Wildman–Crippen LogP) is 3.49. The maximum atomic E-state index is 12.4. The second-order valence-corrected chi connectivity index (χ2v) is 11.3. The Morgan fingerprint density at radius 2 is 1.52 bits per heavy atom. The molecule has 3 aromatic rings. The molecule has 0 aromatic heterocycles. The van der Waals surface area contributed by atoms with Gasteiger partial charge in [0.05, 0.1) is 48.4 Å². The van der Waals surface area contributed by atoms with Gasteiger partial charge in [-0.1, -0.05) is 12.1 Å². The molecule has 0 saturated carbocycles. The third kappa shape index (κ3) is 6.57. The lowest BCUT2D eigenvalue weighted by atomic mass is 10.2. The molecule has 0 heterocycles. The molecule has 3 rings (SSSR count). The van der Waals surface area contributed by atoms with Crippen LogP contribution in [0.3, 0.4) is 0 Å². The number of carbonyl (C=O) groups excluding carboxylic acids is 1. The summed E-state index contributed by atoms with van der Waals surface area (Å²) in [7, 11) is -6.31. The highest BCUT2D eigenvalue weighted by Gasteiger charge is 2.23. The van der Waals surface area contributed by atoms with Gasteiger partial charge in [0.1, 0.15) is 33.4 Å². The standard InChI is InChI=1S/C23H24N6O9S2/c1-37-18-8-7-13(39(32,33)10-9-30)11-16(18)27-29-22-20(24)17(12-19(21(22)25)40(34,35)36)28-26-15-6-4-3-5-14(15)23(31)38-2/h3-8,11-12,30H,9-10,24-25H2,1-2H3,(H,34,35,36)/b28-26+,29-27+. The van der Waals surface area contributed by atoms with E-state index in [-0.39, 0.29) is 39.0 Å². The molecule has 15 nitrogen and oxygen atoms in total. The first-order valence-electron chi connectivity index (χ1n) is 11.1. The lowest BCUT2D eigenvalue weighted by molar-refractivity contribution is 0.0601. The van der Waals surface area contributed by atoms with Crippen LogP contribution in [0, 0.1) is 0 Å². The monoisotopic (exact) mass is 592 g/mol. The Morgan fingerprint density at radius 1 is 0.875 bits per heavy atom. The summed E-state index contributed by atoms with van der Waals surface area (Å²) in [4.78, 5) is 11.0. The Bertz CT molecular complexity index is 1720. The molecule has 0 atom stereocenters. The number of nitrogens with two attached hydrogens (primary N) is 2. The Hall–Kier alpha value is -4.45. The highest BCUT2D eigenvalue weighted by molar-refractivity contribution is 7.91. The number of hydrogen-bond donors (Lipinski definition) is 4. The van der Waals surface area contributed by atoms with Gasteiger partial charge >= 0.3 is 5.97 Å². The summed E-state index contributed by atoms with van der Waals surface area (Å²) < 4.78 is 68.5. The van der Waals surface area contributed by atoms with Crippen molar-refractivity contribution in [2.45, 2.75) is 9.79 Å². The normalized spacial score (nSPS) is 12.2. The number of esters is 1. The Kier molecular flexibility index (Phi) is 9.15. The first-order chi connectivity index (χ1) is 18.8. The van der Waals surface area contributed by atoms with E-state index in [0.717, 1.165) is 12.1 Å². The minimum absolute atomic E-state index is 0.0563. The van der Waals surface area contributed by atoms with Crippen molar-refractivity contribution in [2.75, 3.05) is 38.0 Å². The van der Waals surface area contributed by atoms with Crippen molar-refractivity contribution in [3.8, 4) is 5.75 Å². The third-order valence-corrected chi connectivity index (χ3v) is 7.89. The minimum atomic E-state index is -4.92. The van der Waals surface area contributed by atoms with E-state index in [0.29, 0.717) is 0 Å². The van der Waals surface area contributed by atoms with Crippen molar-refractivity contribution < 1.29 is 40.8 Å². The van der Waals surface area contributed by atoms with Gasteiger partial charge in [-0.15, -0.1) is 20.5 Å². The van der Waals surface area contributed by atoms with Crippen molar-refractivity contribution in [2.24, 2.45) is 20.5 Å². The third-order valence-electron chi connectivity index (χ3n) is 5.30. The first kappa shape index (κ1) is 30.1. The van der Waals surface area contributed by atoms with Crippen molar-refractivity contribution in [1.82, 2.24) is 0 Å². The molecule has 40 heavy (non-hydrogen) atoms. The second-order valence-electron chi connectivity index (χ2n) is 7.83. The summed E-state index contributed by atoms with van der Waals surface area (Å²) >= 11 is 0. The van der Waals surface area contributed by atoms with E-state index < -0.39 is 54.6 Å². The molecule has 0 fully saturated rings. The van der Waals surface area contributed by atoms with Crippen molar-refractivity contribution in [3.05, 3.63) is 54.1 Å². The Labute approximate surface area is 228 Å². The van der Waals surface area contributed by atoms with Gasteiger partial charge in [0.25, 0.3) is 10.1 Å². The van der Waals surface area contributed by atoms with Gasteiger partial charge < -0.3 is 26.0 Å². The maximum Gasteiger partial charge on any atom is 0.340 e. The van der Waals surface area contributed by atoms with Gasteiger partial charge in [0.2, 0.25) is 0 Å². The number of hydrogen-bond acceptors (Lipinski definition) is 14. The van der Waals surface area contributed by atoms with Crippen LogP contribution in [0.1, 0.15) is 10.4 Å². The molecule has 0 unspecified atom stereocenters. The van der Waals surface area contributed by atoms with E-state index in [2.05, 4.69) is 20.5 Å². The highest BCUT2D eigenvalue weighted by Crippen LogP contribution is 2.44. The topological polar surface area (TPSA) is 246 Å². The number of carbonyl (C=O) groups is 1. The van der Waals surface area contributed by atoms with Crippen molar-refractivity contribution >= 4 is 60.0 Å². The average Bonchev–Trinajstić information content (AvgIpc) is 2.91. The lowest BCUT2D eigenvalue weighted by Crippen LogP contribution is -2.09. The van der Waals surface area contributed by atoms with Crippen LogP contribution in [0.25, 0.3) is 0 Å². The number of sulfone groups is 1. The summed E-state index contributed by atoms with van der Waals surface area (Å²) in [5.74, 6) is -1.15. The number of nitrogen functional groups attached to an aromatic ring is 2. The van der Waals surface area contributed by atoms with Crippen LogP contribution >= 0.6 is 0 Å². The van der Waals surface area contributed by atoms with Gasteiger partial charge in [-0.2, -0.15) is 8.42 Å². The van der Waals surface area contributed by atoms with Gasteiger partial charge in [-0.3, -0.25) is 4.55 Å². The highest BCUT2D eigenvalue weighted by atomic mass is 32.2. The van der Waals surface area contributed by atoms with E-state index in [4.69, 9.17) is 26.0 Å². The van der Waals surface area contributed by atoms with Crippen LogP contribution in [0.4, 0.5) is 34.1 Å². The number of methoxy groups -OCH3 is 2. The zero-order valence-corrected chi connectivity index (χ0v) is 22.7. The summed E-state index contributed by atoms with van der Waals surface area (Å²) in [6.45, 7) is -0.609. The van der Waals surface area contributed by atoms with Gasteiger partial charge in [0, 0.05) is 0 Å². The predicted molar refractivity (Wildman–Crippen MR) is 143 cm³/mol. The molecule has 0 radical (unpaired) electrons. The first-order valence-corrected chi connectivity index (χ1v) is 14.1. The van der Waals surface area contributed by atoms with Gasteiger partial charge in [0.15, 0.2) is 9.84 Å². The summed E-state index contributed by atoms with van der Waals surface area (Å²) in [6, 6.07) is 10.5. The number of aliphatic hydroxyl groups excluding tert-OH is 1. The van der Waals surface area contributed by atoms with E-state index >= 15 is 0 Å². The number of rotatable bonds is 10. The number of aliphatic hydroxyl groups is 1. The molecule has 3 aromatic carbocycles. The smallest absolute Gasteiger partial charge is 0.340 e. The molecule has 0 saturated heterocycles. The van der Waals surface area contributed by atoms with E-state index in [9.17, 15) is 26.2 Å². The van der Waals surface area contributed by atoms with Crippen LogP contribution in [0.15, 0.2) is 78.8 Å². The molecule has 0 bridgehead atoms. The fourth-order valence-electron chi connectivity index (χ4n) is 3.30. The molecular formula is C23H24N6O9S2. The number of azo groups is 2. The van der Waals surface area contributed by atoms with E-state index in [1.165, 1.54) is 38.5 Å². The Balaban J connectivity index is 2.19. The zero-order valence-electron chi connectivity index (χ0n) is 21.0. The van der Waals surface area contributed by atoms with E-state index in [1.54, 1.807) is 12.1 Å². The van der Waals surface area contributed by atoms with Gasteiger partial charge in [-0.05, 0) is 36.4 Å². The molecule has 0 aliphatic rings. The molecule has 0 aliphatic heterocycles. The van der Waals surface area contributed by atoms with Crippen LogP contribution in [-0.2, 0) is 24.7 Å². The fraction of sp³-hybridized carbons (Fsp3) is 0.174. The van der Waals surface area contributed by atoms with Crippen LogP contribution in [-0.4, -0.2) is 59.0 Å². The summed E-state index contributed by atoms with van der Waals surface area (Å²) in [5, 5.41) is 24.8. The van der Waals surface area contributed by atoms with Crippen molar-refractivity contribution in [1.29, 1.82) is 0 Å². The number of nitrogens with zero attached hydrogens (tertiary/aromatic N) is 4. The molecule has 0 spiro atoms. The molecule has 0 aliphatic carbocycles. The lowest BCUT2D eigenvalue weighted by Gasteiger charge is -2.11. The number of ether oxygens (including phenoxy) is 2. The van der Waals surface area contributed by atoms with Crippen LogP contribution < -0.4 is 16.2 Å². The minimum Gasteiger partial charge on any atom is -0.494 e. The Morgan fingerprint density at radius 3 is 2.15 bits per heavy atom. The number of benzene rings is 3. The van der Waals surface area contributed by atoms with Crippen LogP contribution in [0.2, 0.25) is 0 Å². The molecule has 212 valence electrons. The fourth-order valence-corrected chi connectivity index (χ4v) is 4.98. The zero-order chi connectivity index (χ0) is 29.7. The molecule has 17 heteroatoms. The number of anilines is 2. The quantitative estimate of drug-likeness (QED) is 0.115. The summed E-state index contributed by atoms with van der Waals surface area (Å²) in [6.07, 6.45) is 0. The summed E-state index contributed by atoms with van der Waals surface area (Å²) in [5.41, 5.74) is 10.5. The second kappa shape index (κ2) is 12.2. The maximum absolute atomic E-state index is 12.4. The molecule has 0 amide bonds. The van der Waals surface area contributed by atoms with Crippen LogP contribution in [0.5, 0.6) is 5.75 Å². The molecular weight excluding hydrogens is 568 g/mol. The average molecular weight is 593 g/mol. The SMILES string of the molecule is COC(=O)c1ccccc1/N=N/c1cc(S(=O)(=O)O)c(N)c(/N=N/c2cc(S(=O)(=O)CCO)ccc2OC)c1N. The van der Waals surface area contributed by atoms with E-state index in [1.807, 2.05) is 0 Å². The largest absolute Gasteiger partial charge is 0.494 e. The van der Waals surface area contributed by atoms with Crippen molar-refractivity contribution in [3.63, 3.8) is 0 Å². The molecule has 6 N–H and O–H groups in total. The van der Waals surface area contributed by atoms with Gasteiger partial charge in [-0.25, -0.2) is 13.2 Å².